The molecule has 0 radical (unpaired) electrons. The van der Waals surface area contributed by atoms with E-state index in [0.717, 1.165) is 12.1 Å². The molecule has 1 aromatic carbocycles. The van der Waals surface area contributed by atoms with Gasteiger partial charge in [-0.25, -0.2) is 0 Å². The van der Waals surface area contributed by atoms with Crippen molar-refractivity contribution in [2.75, 3.05) is 12.1 Å². The predicted octanol–water partition coefficient (Wildman–Crippen LogP) is 2.83. The molecule has 0 fully saturated rings. The minimum Gasteiger partial charge on any atom is -0.269 e. The summed E-state index contributed by atoms with van der Waals surface area (Å²) < 4.78 is 0. The van der Waals surface area contributed by atoms with E-state index in [-0.39, 0.29) is 0 Å². The highest BCUT2D eigenvalue weighted by molar-refractivity contribution is 5.59. The van der Waals surface area contributed by atoms with Crippen LogP contribution in [0.4, 0.5) is 5.69 Å². The Hall–Kier alpha value is -1.31. The van der Waals surface area contributed by atoms with E-state index in [1.165, 1.54) is 5.56 Å². The molecule has 0 atom stereocenters. The number of benzene rings is 1. The zero-order valence-electron chi connectivity index (χ0n) is 8.49. The molecule has 2 nitrogen and oxygen atoms in total. The van der Waals surface area contributed by atoms with Crippen molar-refractivity contribution in [3.63, 3.8) is 0 Å². The Kier molecular flexibility index (Phi) is 3.50. The van der Waals surface area contributed by atoms with Crippen molar-refractivity contribution in [2.24, 2.45) is 5.10 Å². The Morgan fingerprint density at radius 2 is 1.92 bits per heavy atom. The molecule has 0 heterocycles. The summed E-state index contributed by atoms with van der Waals surface area (Å²) in [7, 11) is 1.96. The van der Waals surface area contributed by atoms with Gasteiger partial charge in [-0.3, -0.25) is 5.01 Å². The van der Waals surface area contributed by atoms with E-state index in [0.29, 0.717) is 0 Å². The van der Waals surface area contributed by atoms with Gasteiger partial charge in [0.15, 0.2) is 0 Å². The molecule has 0 spiro atoms. The van der Waals surface area contributed by atoms with E-state index in [1.807, 2.05) is 18.3 Å². The summed E-state index contributed by atoms with van der Waals surface area (Å²) in [6.45, 7) is 4.16. The van der Waals surface area contributed by atoms with Crippen molar-refractivity contribution < 1.29 is 0 Å². The van der Waals surface area contributed by atoms with Gasteiger partial charge in [-0.05, 0) is 25.5 Å². The molecule has 0 aliphatic rings. The number of hydrogen-bond acceptors (Lipinski definition) is 2. The minimum atomic E-state index is 0.968. The number of aryl methyl sites for hydroxylation is 1. The van der Waals surface area contributed by atoms with Gasteiger partial charge in [0.25, 0.3) is 0 Å². The molecule has 2 heteroatoms. The second kappa shape index (κ2) is 4.65. The number of nitrogens with zero attached hydrogens (tertiary/aromatic N) is 2. The summed E-state index contributed by atoms with van der Waals surface area (Å²) in [5.74, 6) is 0. The summed E-state index contributed by atoms with van der Waals surface area (Å²) in [4.78, 5) is 0. The lowest BCUT2D eigenvalue weighted by molar-refractivity contribution is 1.01. The molecule has 13 heavy (non-hydrogen) atoms. The van der Waals surface area contributed by atoms with Crippen LogP contribution in [0.2, 0.25) is 0 Å². The lowest BCUT2D eigenvalue weighted by Gasteiger charge is -2.12. The average molecular weight is 176 g/mol. The monoisotopic (exact) mass is 176 g/mol. The third kappa shape index (κ3) is 2.90. The molecule has 0 unspecified atom stereocenters. The van der Waals surface area contributed by atoms with Crippen LogP contribution in [0.25, 0.3) is 0 Å². The van der Waals surface area contributed by atoms with Crippen LogP contribution in [0.1, 0.15) is 18.9 Å². The maximum absolute atomic E-state index is 4.25. The van der Waals surface area contributed by atoms with Gasteiger partial charge in [0.1, 0.15) is 0 Å². The van der Waals surface area contributed by atoms with Crippen LogP contribution < -0.4 is 5.01 Å². The lowest BCUT2D eigenvalue weighted by Crippen LogP contribution is -2.08. The van der Waals surface area contributed by atoms with Gasteiger partial charge in [-0.2, -0.15) is 5.10 Å². The third-order valence-corrected chi connectivity index (χ3v) is 1.85. The smallest absolute Gasteiger partial charge is 0.0590 e. The molecule has 0 N–H and O–H groups in total. The van der Waals surface area contributed by atoms with Gasteiger partial charge >= 0.3 is 0 Å². The zero-order valence-corrected chi connectivity index (χ0v) is 8.49. The summed E-state index contributed by atoms with van der Waals surface area (Å²) in [5, 5.41) is 6.13. The molecule has 0 saturated carbocycles. The Morgan fingerprint density at radius 3 is 2.46 bits per heavy atom. The van der Waals surface area contributed by atoms with Gasteiger partial charge in [-0.1, -0.05) is 24.6 Å². The predicted molar refractivity (Wildman–Crippen MR) is 58.4 cm³/mol. The fraction of sp³-hybridized carbons (Fsp3) is 0.364. The number of hydrogen-bond donors (Lipinski definition) is 0. The molecular formula is C11H16N2. The van der Waals surface area contributed by atoms with Crippen molar-refractivity contribution in [1.82, 2.24) is 0 Å². The van der Waals surface area contributed by atoms with Crippen molar-refractivity contribution in [1.29, 1.82) is 0 Å². The minimum absolute atomic E-state index is 0.968. The molecule has 0 amide bonds. The van der Waals surface area contributed by atoms with Crippen LogP contribution in [0.3, 0.4) is 0 Å². The fourth-order valence-corrected chi connectivity index (χ4v) is 1.03. The third-order valence-electron chi connectivity index (χ3n) is 1.85. The van der Waals surface area contributed by atoms with Crippen molar-refractivity contribution >= 4 is 11.9 Å². The molecule has 70 valence electrons. The standard InChI is InChI=1S/C11H16N2/c1-4-9-12-13(3)11-7-5-10(2)6-8-11/h5-9H,4H2,1-3H3/b12-9-. The van der Waals surface area contributed by atoms with E-state index in [9.17, 15) is 0 Å². The highest BCUT2D eigenvalue weighted by atomic mass is 15.4. The summed E-state index contributed by atoms with van der Waals surface area (Å²) in [6, 6.07) is 8.32. The van der Waals surface area contributed by atoms with Crippen molar-refractivity contribution in [3.05, 3.63) is 29.8 Å². The first kappa shape index (κ1) is 9.78. The first-order valence-electron chi connectivity index (χ1n) is 4.57. The second-order valence-electron chi connectivity index (χ2n) is 3.07. The molecule has 0 saturated heterocycles. The fourth-order valence-electron chi connectivity index (χ4n) is 1.03. The molecule has 0 aliphatic carbocycles. The van der Waals surface area contributed by atoms with Crippen molar-refractivity contribution in [2.45, 2.75) is 20.3 Å². The average Bonchev–Trinajstić information content (AvgIpc) is 2.15. The molecule has 1 rings (SSSR count). The van der Waals surface area contributed by atoms with E-state index in [4.69, 9.17) is 0 Å². The van der Waals surface area contributed by atoms with E-state index < -0.39 is 0 Å². The van der Waals surface area contributed by atoms with Crippen LogP contribution >= 0.6 is 0 Å². The van der Waals surface area contributed by atoms with Crippen LogP contribution in [-0.4, -0.2) is 13.3 Å². The van der Waals surface area contributed by atoms with Crippen LogP contribution in [-0.2, 0) is 0 Å². The molecule has 0 bridgehead atoms. The Balaban J connectivity index is 2.71. The van der Waals surface area contributed by atoms with Gasteiger partial charge in [0, 0.05) is 13.3 Å². The van der Waals surface area contributed by atoms with Gasteiger partial charge in [0.05, 0.1) is 5.69 Å². The number of hydrazone groups is 1. The maximum atomic E-state index is 4.25. The first-order valence-corrected chi connectivity index (χ1v) is 4.57. The van der Waals surface area contributed by atoms with Gasteiger partial charge in [0.2, 0.25) is 0 Å². The zero-order chi connectivity index (χ0) is 9.68. The molecule has 0 aromatic heterocycles. The quantitative estimate of drug-likeness (QED) is 0.510. The number of rotatable bonds is 3. The maximum Gasteiger partial charge on any atom is 0.0590 e. The van der Waals surface area contributed by atoms with E-state index in [1.54, 1.807) is 0 Å². The van der Waals surface area contributed by atoms with Crippen LogP contribution in [0.15, 0.2) is 29.4 Å². The SMILES string of the molecule is CC/C=N\N(C)c1ccc(C)cc1. The Labute approximate surface area is 79.9 Å². The van der Waals surface area contributed by atoms with Crippen molar-refractivity contribution in [3.8, 4) is 0 Å². The Morgan fingerprint density at radius 1 is 1.31 bits per heavy atom. The Bertz CT molecular complexity index is 275. The highest BCUT2D eigenvalue weighted by Crippen LogP contribution is 2.12. The van der Waals surface area contributed by atoms with Crippen LogP contribution in [0.5, 0.6) is 0 Å². The summed E-state index contributed by atoms with van der Waals surface area (Å²) >= 11 is 0. The van der Waals surface area contributed by atoms with E-state index >= 15 is 0 Å². The van der Waals surface area contributed by atoms with Gasteiger partial charge < -0.3 is 0 Å². The highest BCUT2D eigenvalue weighted by Gasteiger charge is 1.95. The second-order valence-corrected chi connectivity index (χ2v) is 3.07. The number of anilines is 1. The van der Waals surface area contributed by atoms with E-state index in [2.05, 4.69) is 43.2 Å². The molecular weight excluding hydrogens is 160 g/mol. The normalized spacial score (nSPS) is 10.7. The van der Waals surface area contributed by atoms with Gasteiger partial charge in [-0.15, -0.1) is 0 Å². The molecule has 0 aliphatic heterocycles. The molecule has 1 aromatic rings. The lowest BCUT2D eigenvalue weighted by atomic mass is 10.2. The topological polar surface area (TPSA) is 15.6 Å². The first-order chi connectivity index (χ1) is 6.24. The summed E-state index contributed by atoms with van der Waals surface area (Å²) in [5.41, 5.74) is 2.40. The largest absolute Gasteiger partial charge is 0.269 e. The summed E-state index contributed by atoms with van der Waals surface area (Å²) in [6.07, 6.45) is 2.87. The van der Waals surface area contributed by atoms with Crippen LogP contribution in [0, 0.1) is 6.92 Å².